The van der Waals surface area contributed by atoms with E-state index >= 15 is 0 Å². The molecular weight excluding hydrogens is 242 g/mol. The predicted octanol–water partition coefficient (Wildman–Crippen LogP) is 3.43. The van der Waals surface area contributed by atoms with Gasteiger partial charge in [-0.15, -0.1) is 0 Å². The molecule has 76 valence electrons. The minimum Gasteiger partial charge on any atom is -0.326 e. The Morgan fingerprint density at radius 1 is 1.57 bits per heavy atom. The molecule has 0 heterocycles. The van der Waals surface area contributed by atoms with Crippen molar-refractivity contribution in [1.82, 2.24) is 0 Å². The molecule has 14 heavy (non-hydrogen) atoms. The average Bonchev–Trinajstić information content (AvgIpc) is 2.16. The molecule has 0 aliphatic heterocycles. The first-order valence-electron chi connectivity index (χ1n) is 4.70. The van der Waals surface area contributed by atoms with Gasteiger partial charge >= 0.3 is 0 Å². The zero-order chi connectivity index (χ0) is 10.6. The van der Waals surface area contributed by atoms with Crippen LogP contribution in [0.4, 0.5) is 5.69 Å². The molecule has 1 N–H and O–H groups in total. The SMILES string of the molecule is CC[C@H](C)C(=O)Nc1cccc(Br)c1. The molecule has 3 heteroatoms. The van der Waals surface area contributed by atoms with Gasteiger partial charge in [-0.1, -0.05) is 35.8 Å². The van der Waals surface area contributed by atoms with E-state index in [1.807, 2.05) is 38.1 Å². The van der Waals surface area contributed by atoms with Gasteiger partial charge in [-0.3, -0.25) is 4.79 Å². The van der Waals surface area contributed by atoms with Gasteiger partial charge in [0.1, 0.15) is 0 Å². The van der Waals surface area contributed by atoms with Crippen LogP contribution < -0.4 is 5.32 Å². The van der Waals surface area contributed by atoms with Gasteiger partial charge in [-0.2, -0.15) is 0 Å². The highest BCUT2D eigenvalue weighted by Crippen LogP contribution is 2.16. The van der Waals surface area contributed by atoms with Crippen LogP contribution in [0, 0.1) is 5.92 Å². The Balaban J connectivity index is 2.65. The summed E-state index contributed by atoms with van der Waals surface area (Å²) in [6.45, 7) is 3.93. The zero-order valence-corrected chi connectivity index (χ0v) is 9.97. The summed E-state index contributed by atoms with van der Waals surface area (Å²) >= 11 is 3.35. The van der Waals surface area contributed by atoms with Crippen molar-refractivity contribution in [3.05, 3.63) is 28.7 Å². The van der Waals surface area contributed by atoms with Crippen LogP contribution in [0.5, 0.6) is 0 Å². The number of carbonyl (C=O) groups excluding carboxylic acids is 1. The van der Waals surface area contributed by atoms with Crippen LogP contribution in [0.3, 0.4) is 0 Å². The van der Waals surface area contributed by atoms with Crippen LogP contribution >= 0.6 is 15.9 Å². The maximum Gasteiger partial charge on any atom is 0.227 e. The lowest BCUT2D eigenvalue weighted by molar-refractivity contribution is -0.119. The molecule has 0 unspecified atom stereocenters. The lowest BCUT2D eigenvalue weighted by atomic mass is 10.1. The fourth-order valence-corrected chi connectivity index (χ4v) is 1.42. The summed E-state index contributed by atoms with van der Waals surface area (Å²) in [5.74, 6) is 0.139. The van der Waals surface area contributed by atoms with Gasteiger partial charge in [-0.05, 0) is 24.6 Å². The van der Waals surface area contributed by atoms with Crippen molar-refractivity contribution in [1.29, 1.82) is 0 Å². The summed E-state index contributed by atoms with van der Waals surface area (Å²) in [5, 5.41) is 2.86. The maximum absolute atomic E-state index is 11.5. The van der Waals surface area contributed by atoms with Crippen molar-refractivity contribution in [3.8, 4) is 0 Å². The van der Waals surface area contributed by atoms with Crippen LogP contribution in [-0.4, -0.2) is 5.91 Å². The van der Waals surface area contributed by atoms with Crippen molar-refractivity contribution in [3.63, 3.8) is 0 Å². The molecule has 0 saturated heterocycles. The first kappa shape index (κ1) is 11.2. The fourth-order valence-electron chi connectivity index (χ4n) is 1.02. The highest BCUT2D eigenvalue weighted by molar-refractivity contribution is 9.10. The Hall–Kier alpha value is -0.830. The molecule has 0 radical (unpaired) electrons. The molecule has 1 atom stereocenters. The second kappa shape index (κ2) is 5.15. The van der Waals surface area contributed by atoms with Crippen LogP contribution in [0.2, 0.25) is 0 Å². The highest BCUT2D eigenvalue weighted by Gasteiger charge is 2.09. The monoisotopic (exact) mass is 255 g/mol. The van der Waals surface area contributed by atoms with E-state index in [9.17, 15) is 4.79 Å². The molecule has 0 fully saturated rings. The second-order valence-corrected chi connectivity index (χ2v) is 4.22. The summed E-state index contributed by atoms with van der Waals surface area (Å²) in [6.07, 6.45) is 0.861. The molecule has 2 nitrogen and oxygen atoms in total. The molecule has 0 spiro atoms. The van der Waals surface area contributed by atoms with Crippen molar-refractivity contribution >= 4 is 27.5 Å². The molecular formula is C11H14BrNO. The van der Waals surface area contributed by atoms with Crippen LogP contribution in [0.25, 0.3) is 0 Å². The van der Waals surface area contributed by atoms with E-state index in [1.165, 1.54) is 0 Å². The molecule has 1 aromatic rings. The Bertz CT molecular complexity index is 325. The molecule has 0 aliphatic carbocycles. The average molecular weight is 256 g/mol. The highest BCUT2D eigenvalue weighted by atomic mass is 79.9. The number of benzene rings is 1. The Morgan fingerprint density at radius 3 is 2.86 bits per heavy atom. The Kier molecular flexibility index (Phi) is 4.14. The minimum absolute atomic E-state index is 0.0639. The van der Waals surface area contributed by atoms with Crippen molar-refractivity contribution in [2.45, 2.75) is 20.3 Å². The molecule has 0 saturated carbocycles. The van der Waals surface area contributed by atoms with Crippen LogP contribution in [-0.2, 0) is 4.79 Å². The lowest BCUT2D eigenvalue weighted by Crippen LogP contribution is -2.19. The normalized spacial score (nSPS) is 12.2. The van der Waals surface area contributed by atoms with Crippen molar-refractivity contribution in [2.24, 2.45) is 5.92 Å². The van der Waals surface area contributed by atoms with E-state index in [2.05, 4.69) is 21.2 Å². The first-order valence-corrected chi connectivity index (χ1v) is 5.49. The summed E-state index contributed by atoms with van der Waals surface area (Å²) in [6, 6.07) is 7.60. The molecule has 1 rings (SSSR count). The zero-order valence-electron chi connectivity index (χ0n) is 8.38. The summed E-state index contributed by atoms with van der Waals surface area (Å²) in [7, 11) is 0. The number of hydrogen-bond acceptors (Lipinski definition) is 1. The molecule has 1 aromatic carbocycles. The van der Waals surface area contributed by atoms with Crippen LogP contribution in [0.15, 0.2) is 28.7 Å². The van der Waals surface area contributed by atoms with Crippen LogP contribution in [0.1, 0.15) is 20.3 Å². The number of rotatable bonds is 3. The third-order valence-electron chi connectivity index (χ3n) is 2.15. The number of halogens is 1. The summed E-state index contributed by atoms with van der Waals surface area (Å²) in [4.78, 5) is 11.5. The van der Waals surface area contributed by atoms with Gasteiger partial charge < -0.3 is 5.32 Å². The van der Waals surface area contributed by atoms with Gasteiger partial charge in [0.05, 0.1) is 0 Å². The number of carbonyl (C=O) groups is 1. The standard InChI is InChI=1S/C11H14BrNO/c1-3-8(2)11(14)13-10-6-4-5-9(12)7-10/h4-8H,3H2,1-2H3,(H,13,14)/t8-/m0/s1. The predicted molar refractivity (Wildman–Crippen MR) is 62.2 cm³/mol. The lowest BCUT2D eigenvalue weighted by Gasteiger charge is -2.09. The maximum atomic E-state index is 11.5. The summed E-state index contributed by atoms with van der Waals surface area (Å²) < 4.78 is 0.972. The number of hydrogen-bond donors (Lipinski definition) is 1. The van der Waals surface area contributed by atoms with E-state index in [1.54, 1.807) is 0 Å². The third kappa shape index (κ3) is 3.14. The third-order valence-corrected chi connectivity index (χ3v) is 2.65. The topological polar surface area (TPSA) is 29.1 Å². The second-order valence-electron chi connectivity index (χ2n) is 3.31. The largest absolute Gasteiger partial charge is 0.326 e. The van der Waals surface area contributed by atoms with Gasteiger partial charge in [0, 0.05) is 16.1 Å². The first-order chi connectivity index (χ1) is 6.63. The van der Waals surface area contributed by atoms with Gasteiger partial charge in [0.25, 0.3) is 0 Å². The van der Waals surface area contributed by atoms with E-state index in [4.69, 9.17) is 0 Å². The van der Waals surface area contributed by atoms with E-state index in [-0.39, 0.29) is 11.8 Å². The van der Waals surface area contributed by atoms with Gasteiger partial charge in [0.2, 0.25) is 5.91 Å². The van der Waals surface area contributed by atoms with Gasteiger partial charge in [-0.25, -0.2) is 0 Å². The number of nitrogens with one attached hydrogen (secondary N) is 1. The molecule has 0 aromatic heterocycles. The van der Waals surface area contributed by atoms with Crippen molar-refractivity contribution in [2.75, 3.05) is 5.32 Å². The van der Waals surface area contributed by atoms with E-state index < -0.39 is 0 Å². The number of anilines is 1. The Labute approximate surface area is 92.8 Å². The Morgan fingerprint density at radius 2 is 2.29 bits per heavy atom. The molecule has 0 bridgehead atoms. The van der Waals surface area contributed by atoms with E-state index in [0.717, 1.165) is 16.6 Å². The van der Waals surface area contributed by atoms with Gasteiger partial charge in [0.15, 0.2) is 0 Å². The quantitative estimate of drug-likeness (QED) is 0.881. The number of amides is 1. The fraction of sp³-hybridized carbons (Fsp3) is 0.364. The summed E-state index contributed by atoms with van der Waals surface area (Å²) in [5.41, 5.74) is 0.838. The van der Waals surface area contributed by atoms with E-state index in [0.29, 0.717) is 0 Å². The molecule has 1 amide bonds. The minimum atomic E-state index is 0.0639. The smallest absolute Gasteiger partial charge is 0.227 e. The van der Waals surface area contributed by atoms with Crippen molar-refractivity contribution < 1.29 is 4.79 Å². The molecule has 0 aliphatic rings.